The minimum absolute atomic E-state index is 0.000855. The van der Waals surface area contributed by atoms with Crippen LogP contribution in [0.1, 0.15) is 89.9 Å². The molecule has 6 nitrogen and oxygen atoms in total. The Balaban J connectivity index is 1.37. The Hall–Kier alpha value is -2.24. The maximum absolute atomic E-state index is 11.8. The lowest BCUT2D eigenvalue weighted by molar-refractivity contribution is -0.122. The predicted octanol–water partition coefficient (Wildman–Crippen LogP) is 5.02. The third kappa shape index (κ3) is 11.7. The second kappa shape index (κ2) is 15.6. The van der Waals surface area contributed by atoms with Crippen molar-refractivity contribution in [1.29, 1.82) is 0 Å². The highest BCUT2D eigenvalue weighted by atomic mass is 16.2. The molecule has 2 amide bonds. The molecular weight excluding hydrogens is 376 g/mol. The summed E-state index contributed by atoms with van der Waals surface area (Å²) in [6.45, 7) is 0. The molecule has 0 aromatic heterocycles. The van der Waals surface area contributed by atoms with Crippen molar-refractivity contribution in [2.75, 3.05) is 0 Å². The maximum atomic E-state index is 11.8. The minimum Gasteiger partial charge on any atom is -0.273 e. The quantitative estimate of drug-likeness (QED) is 0.192. The SMILES string of the molecule is O=C(CCCCCCCCC(=O)N/N=C\[C@H]1CC=CCC1)N/N=C\[C@H]1CC=CCC1. The van der Waals surface area contributed by atoms with Gasteiger partial charge in [-0.15, -0.1) is 0 Å². The summed E-state index contributed by atoms with van der Waals surface area (Å²) in [5.74, 6) is 0.912. The molecule has 0 saturated carbocycles. The number of hydrogen-bond acceptors (Lipinski definition) is 4. The van der Waals surface area contributed by atoms with Gasteiger partial charge in [-0.2, -0.15) is 10.2 Å². The van der Waals surface area contributed by atoms with Crippen molar-refractivity contribution in [2.45, 2.75) is 89.9 Å². The van der Waals surface area contributed by atoms with Gasteiger partial charge in [-0.05, 0) is 63.2 Å². The number of carbonyl (C=O) groups excluding carboxylic acids is 2. The molecule has 0 bridgehead atoms. The first kappa shape index (κ1) is 24.0. The van der Waals surface area contributed by atoms with Crippen LogP contribution in [0.3, 0.4) is 0 Å². The fraction of sp³-hybridized carbons (Fsp3) is 0.667. The van der Waals surface area contributed by atoms with Gasteiger partial charge in [-0.3, -0.25) is 9.59 Å². The molecule has 30 heavy (non-hydrogen) atoms. The summed E-state index contributed by atoms with van der Waals surface area (Å²) in [6, 6.07) is 0. The van der Waals surface area contributed by atoms with Crippen LogP contribution in [0, 0.1) is 11.8 Å². The Morgan fingerprint density at radius 3 is 1.53 bits per heavy atom. The fourth-order valence-electron chi connectivity index (χ4n) is 3.72. The molecule has 6 heteroatoms. The molecule has 0 radical (unpaired) electrons. The maximum Gasteiger partial charge on any atom is 0.240 e. The Bertz CT molecular complexity index is 571. The molecule has 0 aromatic carbocycles. The second-order valence-corrected chi connectivity index (χ2v) is 8.34. The van der Waals surface area contributed by atoms with Crippen LogP contribution in [-0.2, 0) is 9.59 Å². The number of allylic oxidation sites excluding steroid dienone is 4. The van der Waals surface area contributed by atoms with Crippen LogP contribution in [0.15, 0.2) is 34.5 Å². The molecular formula is C24H38N4O2. The van der Waals surface area contributed by atoms with Crippen LogP contribution >= 0.6 is 0 Å². The van der Waals surface area contributed by atoms with Gasteiger partial charge < -0.3 is 0 Å². The highest BCUT2D eigenvalue weighted by Crippen LogP contribution is 2.16. The summed E-state index contributed by atoms with van der Waals surface area (Å²) in [7, 11) is 0. The molecule has 2 N–H and O–H groups in total. The number of amides is 2. The third-order valence-corrected chi connectivity index (χ3v) is 5.63. The fourth-order valence-corrected chi connectivity index (χ4v) is 3.72. The van der Waals surface area contributed by atoms with Gasteiger partial charge in [-0.1, -0.05) is 50.0 Å². The minimum atomic E-state index is -0.000855. The van der Waals surface area contributed by atoms with E-state index in [1.165, 1.54) is 0 Å². The summed E-state index contributed by atoms with van der Waals surface area (Å²) in [4.78, 5) is 23.6. The molecule has 2 atom stereocenters. The van der Waals surface area contributed by atoms with E-state index in [1.54, 1.807) is 0 Å². The molecule has 2 rings (SSSR count). The van der Waals surface area contributed by atoms with Crippen LogP contribution < -0.4 is 10.9 Å². The molecule has 0 saturated heterocycles. The van der Waals surface area contributed by atoms with E-state index in [1.807, 2.05) is 12.4 Å². The van der Waals surface area contributed by atoms with Crippen molar-refractivity contribution < 1.29 is 9.59 Å². The van der Waals surface area contributed by atoms with Gasteiger partial charge in [0.2, 0.25) is 11.8 Å². The molecule has 0 spiro atoms. The van der Waals surface area contributed by atoms with Gasteiger partial charge in [0.1, 0.15) is 0 Å². The van der Waals surface area contributed by atoms with E-state index >= 15 is 0 Å². The van der Waals surface area contributed by atoms with E-state index < -0.39 is 0 Å². The molecule has 166 valence electrons. The van der Waals surface area contributed by atoms with E-state index in [0.717, 1.165) is 77.0 Å². The monoisotopic (exact) mass is 414 g/mol. The van der Waals surface area contributed by atoms with Gasteiger partial charge in [0.25, 0.3) is 0 Å². The normalized spacial score (nSPS) is 21.3. The number of unbranched alkanes of at least 4 members (excludes halogenated alkanes) is 5. The Kier molecular flexibility index (Phi) is 12.5. The van der Waals surface area contributed by atoms with Crippen molar-refractivity contribution >= 4 is 24.2 Å². The third-order valence-electron chi connectivity index (χ3n) is 5.63. The van der Waals surface area contributed by atoms with Gasteiger partial charge in [0, 0.05) is 25.3 Å². The molecule has 0 unspecified atom stereocenters. The average Bonchev–Trinajstić information content (AvgIpc) is 2.77. The highest BCUT2D eigenvalue weighted by molar-refractivity contribution is 5.77. The van der Waals surface area contributed by atoms with Crippen LogP contribution in [0.4, 0.5) is 0 Å². The summed E-state index contributed by atoms with van der Waals surface area (Å²) in [5, 5.41) is 8.18. The highest BCUT2D eigenvalue weighted by Gasteiger charge is 2.08. The van der Waals surface area contributed by atoms with E-state index in [-0.39, 0.29) is 11.8 Å². The summed E-state index contributed by atoms with van der Waals surface area (Å²) >= 11 is 0. The van der Waals surface area contributed by atoms with Crippen LogP contribution in [-0.4, -0.2) is 24.2 Å². The Morgan fingerprint density at radius 2 is 1.13 bits per heavy atom. The van der Waals surface area contributed by atoms with Crippen molar-refractivity contribution in [3.05, 3.63) is 24.3 Å². The lowest BCUT2D eigenvalue weighted by atomic mass is 9.96. The van der Waals surface area contributed by atoms with E-state index in [9.17, 15) is 9.59 Å². The smallest absolute Gasteiger partial charge is 0.240 e. The number of carbonyl (C=O) groups is 2. The molecule has 2 aliphatic rings. The first-order chi connectivity index (χ1) is 14.7. The van der Waals surface area contributed by atoms with Gasteiger partial charge in [-0.25, -0.2) is 10.9 Å². The zero-order valence-corrected chi connectivity index (χ0v) is 18.2. The Labute approximate surface area is 181 Å². The summed E-state index contributed by atoms with van der Waals surface area (Å²) in [5.41, 5.74) is 5.28. The largest absolute Gasteiger partial charge is 0.273 e. The van der Waals surface area contributed by atoms with Gasteiger partial charge in [0.05, 0.1) is 0 Å². The zero-order chi connectivity index (χ0) is 21.3. The second-order valence-electron chi connectivity index (χ2n) is 8.34. The number of nitrogens with zero attached hydrogens (tertiary/aromatic N) is 2. The first-order valence-corrected chi connectivity index (χ1v) is 11.7. The van der Waals surface area contributed by atoms with Crippen molar-refractivity contribution in [1.82, 2.24) is 10.9 Å². The lowest BCUT2D eigenvalue weighted by Gasteiger charge is -2.11. The van der Waals surface area contributed by atoms with Crippen LogP contribution in [0.25, 0.3) is 0 Å². The predicted molar refractivity (Wildman–Crippen MR) is 123 cm³/mol. The molecule has 0 aliphatic heterocycles. The van der Waals surface area contributed by atoms with Gasteiger partial charge in [0.15, 0.2) is 0 Å². The van der Waals surface area contributed by atoms with Crippen molar-refractivity contribution in [3.63, 3.8) is 0 Å². The van der Waals surface area contributed by atoms with Crippen LogP contribution in [0.2, 0.25) is 0 Å². The van der Waals surface area contributed by atoms with E-state index in [0.29, 0.717) is 24.7 Å². The number of nitrogens with one attached hydrogen (secondary N) is 2. The number of rotatable bonds is 13. The molecule has 0 fully saturated rings. The molecule has 2 aliphatic carbocycles. The first-order valence-electron chi connectivity index (χ1n) is 11.7. The Morgan fingerprint density at radius 1 is 0.700 bits per heavy atom. The standard InChI is InChI=1S/C24H38N4O2/c29-23(27-25-19-21-13-7-5-8-14-21)17-11-3-1-2-4-12-18-24(30)28-26-20-22-15-9-6-10-16-22/h5-7,9,19-22H,1-4,8,10-18H2,(H,27,29)(H,28,30)/b25-19-,26-20-/t21-,22-/m0/s1. The molecule has 0 heterocycles. The van der Waals surface area contributed by atoms with Crippen molar-refractivity contribution in [2.24, 2.45) is 22.0 Å². The van der Waals surface area contributed by atoms with Crippen LogP contribution in [0.5, 0.6) is 0 Å². The summed E-state index contributed by atoms with van der Waals surface area (Å²) < 4.78 is 0. The van der Waals surface area contributed by atoms with E-state index in [4.69, 9.17) is 0 Å². The van der Waals surface area contributed by atoms with Gasteiger partial charge >= 0.3 is 0 Å². The topological polar surface area (TPSA) is 82.9 Å². The number of hydrazone groups is 2. The summed E-state index contributed by atoms with van der Waals surface area (Å²) in [6.07, 6.45) is 26.1. The lowest BCUT2D eigenvalue weighted by Crippen LogP contribution is -2.18. The average molecular weight is 415 g/mol. The number of hydrogen-bond donors (Lipinski definition) is 2. The van der Waals surface area contributed by atoms with Crippen molar-refractivity contribution in [3.8, 4) is 0 Å². The molecule has 0 aromatic rings. The zero-order valence-electron chi connectivity index (χ0n) is 18.2. The van der Waals surface area contributed by atoms with E-state index in [2.05, 4.69) is 45.4 Å².